The van der Waals surface area contributed by atoms with Crippen LogP contribution >= 0.6 is 12.4 Å². The number of phenols is 1. The Balaban J connectivity index is 0.00000392. The molecule has 0 radical (unpaired) electrons. The first kappa shape index (κ1) is 24.1. The van der Waals surface area contributed by atoms with E-state index in [1.54, 1.807) is 0 Å². The first-order chi connectivity index (χ1) is 12.4. The predicted molar refractivity (Wildman–Crippen MR) is 108 cm³/mol. The van der Waals surface area contributed by atoms with Crippen LogP contribution in [0, 0.1) is 0 Å². The van der Waals surface area contributed by atoms with Gasteiger partial charge in [0.15, 0.2) is 0 Å². The van der Waals surface area contributed by atoms with Gasteiger partial charge in [0.25, 0.3) is 0 Å². The lowest BCUT2D eigenvalue weighted by molar-refractivity contribution is -0.274. The molecule has 156 valence electrons. The smallest absolute Gasteiger partial charge is 0.507 e. The highest BCUT2D eigenvalue weighted by Crippen LogP contribution is 2.38. The van der Waals surface area contributed by atoms with E-state index in [-0.39, 0.29) is 35.4 Å². The first-order valence-electron chi connectivity index (χ1n) is 8.83. The molecule has 0 saturated carbocycles. The zero-order valence-electron chi connectivity index (χ0n) is 16.6. The molecular weight excluding hydrogens is 391 g/mol. The molecule has 0 aliphatic rings. The molecule has 3 nitrogen and oxygen atoms in total. The molecule has 0 aliphatic heterocycles. The van der Waals surface area contributed by atoms with Crippen molar-refractivity contribution in [3.05, 3.63) is 47.5 Å². The van der Waals surface area contributed by atoms with Crippen molar-refractivity contribution in [3.63, 3.8) is 0 Å². The van der Waals surface area contributed by atoms with Crippen LogP contribution in [0.3, 0.4) is 0 Å². The van der Waals surface area contributed by atoms with Crippen molar-refractivity contribution in [2.45, 2.75) is 59.0 Å². The minimum atomic E-state index is -4.73. The van der Waals surface area contributed by atoms with Crippen molar-refractivity contribution in [1.82, 2.24) is 5.32 Å². The van der Waals surface area contributed by atoms with Crippen LogP contribution < -0.4 is 10.1 Å². The maximum Gasteiger partial charge on any atom is 0.573 e. The van der Waals surface area contributed by atoms with Crippen LogP contribution in [0.5, 0.6) is 11.5 Å². The SMILES string of the molecule is CC(C)NCc1cc(C(C)(C)C)cc(-c2ccc(OC(F)(F)F)cc2)c1O.Cl. The molecule has 2 aromatic rings. The summed E-state index contributed by atoms with van der Waals surface area (Å²) in [6.45, 7) is 10.8. The van der Waals surface area contributed by atoms with Crippen LogP contribution in [0.15, 0.2) is 36.4 Å². The lowest BCUT2D eigenvalue weighted by atomic mass is 9.83. The third-order valence-electron chi connectivity index (χ3n) is 4.15. The van der Waals surface area contributed by atoms with E-state index in [2.05, 4.69) is 30.8 Å². The fourth-order valence-corrected chi connectivity index (χ4v) is 2.63. The van der Waals surface area contributed by atoms with Crippen molar-refractivity contribution in [3.8, 4) is 22.6 Å². The fourth-order valence-electron chi connectivity index (χ4n) is 2.63. The Morgan fingerprint density at radius 2 is 1.61 bits per heavy atom. The minimum absolute atomic E-state index is 0. The number of rotatable bonds is 5. The van der Waals surface area contributed by atoms with Crippen LogP contribution in [0.4, 0.5) is 13.2 Å². The first-order valence-corrected chi connectivity index (χ1v) is 8.83. The van der Waals surface area contributed by atoms with Gasteiger partial charge in [-0.2, -0.15) is 0 Å². The van der Waals surface area contributed by atoms with Gasteiger partial charge in [-0.25, -0.2) is 0 Å². The standard InChI is InChI=1S/C21H26F3NO2.ClH/c1-13(2)25-12-15-10-16(20(3,4)5)11-18(19(15)26)14-6-8-17(9-7-14)27-21(22,23)24;/h6-11,13,25-26H,12H2,1-5H3;1H. The van der Waals surface area contributed by atoms with Crippen LogP contribution in [0.1, 0.15) is 45.7 Å². The van der Waals surface area contributed by atoms with Gasteiger partial charge < -0.3 is 15.2 Å². The van der Waals surface area contributed by atoms with Gasteiger partial charge in [-0.3, -0.25) is 0 Å². The summed E-state index contributed by atoms with van der Waals surface area (Å²) in [6.07, 6.45) is -4.73. The summed E-state index contributed by atoms with van der Waals surface area (Å²) >= 11 is 0. The summed E-state index contributed by atoms with van der Waals surface area (Å²) in [7, 11) is 0. The molecule has 2 N–H and O–H groups in total. The number of aromatic hydroxyl groups is 1. The highest BCUT2D eigenvalue weighted by molar-refractivity contribution is 5.85. The van der Waals surface area contributed by atoms with E-state index in [1.165, 1.54) is 24.3 Å². The average Bonchev–Trinajstić information content (AvgIpc) is 2.52. The molecule has 0 unspecified atom stereocenters. The number of nitrogens with one attached hydrogen (secondary N) is 1. The highest BCUT2D eigenvalue weighted by Gasteiger charge is 2.31. The van der Waals surface area contributed by atoms with E-state index in [9.17, 15) is 18.3 Å². The van der Waals surface area contributed by atoms with E-state index in [1.807, 2.05) is 26.0 Å². The molecule has 2 rings (SSSR count). The fraction of sp³-hybridized carbons (Fsp3) is 0.429. The molecular formula is C21H27ClF3NO2. The van der Waals surface area contributed by atoms with Gasteiger partial charge >= 0.3 is 6.36 Å². The molecule has 0 fully saturated rings. The Bertz CT molecular complexity index is 782. The summed E-state index contributed by atoms with van der Waals surface area (Å²) in [4.78, 5) is 0. The number of halogens is 4. The summed E-state index contributed by atoms with van der Waals surface area (Å²) in [5.74, 6) is -0.167. The summed E-state index contributed by atoms with van der Waals surface area (Å²) in [5.41, 5.74) is 2.85. The number of hydrogen-bond donors (Lipinski definition) is 2. The molecule has 0 saturated heterocycles. The Kier molecular flexibility index (Phi) is 7.80. The molecule has 28 heavy (non-hydrogen) atoms. The van der Waals surface area contributed by atoms with Gasteiger partial charge in [0.2, 0.25) is 0 Å². The maximum atomic E-state index is 12.3. The predicted octanol–water partition coefficient (Wildman–Crippen LogP) is 6.18. The molecule has 0 aliphatic carbocycles. The van der Waals surface area contributed by atoms with Gasteiger partial charge in [0.05, 0.1) is 0 Å². The number of alkyl halides is 3. The second-order valence-electron chi connectivity index (χ2n) is 7.89. The van der Waals surface area contributed by atoms with Crippen molar-refractivity contribution in [1.29, 1.82) is 0 Å². The normalized spacial score (nSPS) is 12.0. The summed E-state index contributed by atoms with van der Waals surface area (Å²) < 4.78 is 41.0. The lowest BCUT2D eigenvalue weighted by Gasteiger charge is -2.23. The van der Waals surface area contributed by atoms with Crippen LogP contribution in [0.2, 0.25) is 0 Å². The highest BCUT2D eigenvalue weighted by atomic mass is 35.5. The molecule has 0 heterocycles. The van der Waals surface area contributed by atoms with Crippen molar-refractivity contribution in [2.24, 2.45) is 0 Å². The van der Waals surface area contributed by atoms with Crippen LogP contribution in [-0.4, -0.2) is 17.5 Å². The minimum Gasteiger partial charge on any atom is -0.507 e. The molecule has 0 bridgehead atoms. The molecule has 0 atom stereocenters. The molecule has 0 amide bonds. The molecule has 0 aromatic heterocycles. The largest absolute Gasteiger partial charge is 0.573 e. The molecule has 7 heteroatoms. The molecule has 2 aromatic carbocycles. The van der Waals surface area contributed by atoms with Gasteiger partial charge in [-0.15, -0.1) is 25.6 Å². The van der Waals surface area contributed by atoms with Gasteiger partial charge in [0.1, 0.15) is 11.5 Å². The monoisotopic (exact) mass is 417 g/mol. The van der Waals surface area contributed by atoms with Crippen molar-refractivity contribution < 1.29 is 23.0 Å². The van der Waals surface area contributed by atoms with E-state index < -0.39 is 6.36 Å². The second-order valence-corrected chi connectivity index (χ2v) is 7.89. The van der Waals surface area contributed by atoms with E-state index in [0.29, 0.717) is 17.7 Å². The Morgan fingerprint density at radius 3 is 2.07 bits per heavy atom. The summed E-state index contributed by atoms with van der Waals surface area (Å²) in [5, 5.41) is 14.0. The van der Waals surface area contributed by atoms with E-state index in [4.69, 9.17) is 0 Å². The Labute approximate surface area is 170 Å². The third-order valence-corrected chi connectivity index (χ3v) is 4.15. The van der Waals surface area contributed by atoms with Crippen LogP contribution in [-0.2, 0) is 12.0 Å². The zero-order valence-corrected chi connectivity index (χ0v) is 17.5. The van der Waals surface area contributed by atoms with E-state index in [0.717, 1.165) is 11.1 Å². The van der Waals surface area contributed by atoms with Gasteiger partial charge in [-0.05, 0) is 34.7 Å². The number of ether oxygens (including phenoxy) is 1. The number of phenolic OH excluding ortho intramolecular Hbond substituents is 1. The quantitative estimate of drug-likeness (QED) is 0.610. The topological polar surface area (TPSA) is 41.5 Å². The van der Waals surface area contributed by atoms with E-state index >= 15 is 0 Å². The summed E-state index contributed by atoms with van der Waals surface area (Å²) in [6, 6.07) is 9.63. The van der Waals surface area contributed by atoms with Crippen molar-refractivity contribution >= 4 is 12.4 Å². The molecule has 0 spiro atoms. The van der Waals surface area contributed by atoms with Crippen molar-refractivity contribution in [2.75, 3.05) is 0 Å². The Hall–Kier alpha value is -1.92. The van der Waals surface area contributed by atoms with Crippen LogP contribution in [0.25, 0.3) is 11.1 Å². The number of benzene rings is 2. The average molecular weight is 418 g/mol. The number of hydrogen-bond acceptors (Lipinski definition) is 3. The lowest BCUT2D eigenvalue weighted by Crippen LogP contribution is -2.22. The zero-order chi connectivity index (χ0) is 20.4. The third kappa shape index (κ3) is 6.60. The second kappa shape index (κ2) is 9.05. The Morgan fingerprint density at radius 1 is 1.04 bits per heavy atom. The van der Waals surface area contributed by atoms with Gasteiger partial charge in [0, 0.05) is 23.7 Å². The van der Waals surface area contributed by atoms with Gasteiger partial charge in [-0.1, -0.05) is 52.8 Å². The maximum absolute atomic E-state index is 12.3.